The van der Waals surface area contributed by atoms with Crippen LogP contribution in [0.2, 0.25) is 0 Å². The number of rotatable bonds is 3. The van der Waals surface area contributed by atoms with Crippen LogP contribution in [-0.2, 0) is 6.54 Å². The van der Waals surface area contributed by atoms with Crippen LogP contribution in [0, 0.1) is 13.8 Å². The molecule has 2 aromatic rings. The van der Waals surface area contributed by atoms with E-state index in [9.17, 15) is 9.90 Å². The highest BCUT2D eigenvalue weighted by atomic mass is 16.3. The molecular weight excluding hydrogens is 242 g/mol. The molecule has 1 amide bonds. The molecule has 0 bridgehead atoms. The van der Waals surface area contributed by atoms with Gasteiger partial charge in [-0.2, -0.15) is 0 Å². The second kappa shape index (κ2) is 5.18. The number of furan rings is 1. The number of benzene rings is 1. The fraction of sp³-hybridized carbons (Fsp3) is 0.267. The second-order valence-electron chi connectivity index (χ2n) is 4.68. The molecule has 0 saturated heterocycles. The minimum absolute atomic E-state index is 0.0146. The van der Waals surface area contributed by atoms with Gasteiger partial charge in [0.05, 0.1) is 11.8 Å². The van der Waals surface area contributed by atoms with Gasteiger partial charge in [0.15, 0.2) is 0 Å². The standard InChI is InChI=1S/C15H17NO3/c1-10-4-5-13(14(17)8-10)15(18)16(3)9-12-6-7-19-11(12)2/h4-8,17H,9H2,1-3H3. The van der Waals surface area contributed by atoms with E-state index in [1.54, 1.807) is 30.3 Å². The first-order valence-corrected chi connectivity index (χ1v) is 6.07. The van der Waals surface area contributed by atoms with Crippen LogP contribution in [0.15, 0.2) is 34.9 Å². The molecule has 1 heterocycles. The predicted octanol–water partition coefficient (Wildman–Crippen LogP) is 2.87. The maximum atomic E-state index is 12.2. The van der Waals surface area contributed by atoms with E-state index in [-0.39, 0.29) is 11.7 Å². The second-order valence-corrected chi connectivity index (χ2v) is 4.68. The number of hydrogen-bond donors (Lipinski definition) is 1. The lowest BCUT2D eigenvalue weighted by atomic mass is 10.1. The number of nitrogens with zero attached hydrogens (tertiary/aromatic N) is 1. The van der Waals surface area contributed by atoms with E-state index in [4.69, 9.17) is 4.42 Å². The minimum Gasteiger partial charge on any atom is -0.507 e. The third-order valence-electron chi connectivity index (χ3n) is 3.10. The van der Waals surface area contributed by atoms with Gasteiger partial charge >= 0.3 is 0 Å². The van der Waals surface area contributed by atoms with Crippen LogP contribution >= 0.6 is 0 Å². The molecule has 0 aliphatic heterocycles. The molecule has 0 unspecified atom stereocenters. The van der Waals surface area contributed by atoms with Crippen molar-refractivity contribution in [3.63, 3.8) is 0 Å². The van der Waals surface area contributed by atoms with E-state index in [1.807, 2.05) is 26.0 Å². The summed E-state index contributed by atoms with van der Waals surface area (Å²) in [5.41, 5.74) is 2.19. The first kappa shape index (κ1) is 13.2. The first-order valence-electron chi connectivity index (χ1n) is 6.07. The number of aromatic hydroxyl groups is 1. The van der Waals surface area contributed by atoms with Crippen molar-refractivity contribution >= 4 is 5.91 Å². The lowest BCUT2D eigenvalue weighted by Gasteiger charge is -2.17. The van der Waals surface area contributed by atoms with Crippen LogP contribution in [-0.4, -0.2) is 23.0 Å². The molecule has 4 heteroatoms. The fourth-order valence-electron chi connectivity index (χ4n) is 1.93. The Morgan fingerprint density at radius 3 is 2.63 bits per heavy atom. The third-order valence-corrected chi connectivity index (χ3v) is 3.10. The highest BCUT2D eigenvalue weighted by Crippen LogP contribution is 2.21. The van der Waals surface area contributed by atoms with Crippen molar-refractivity contribution in [3.05, 3.63) is 53.0 Å². The van der Waals surface area contributed by atoms with Gasteiger partial charge in [-0.25, -0.2) is 0 Å². The van der Waals surface area contributed by atoms with Crippen LogP contribution in [0.5, 0.6) is 5.75 Å². The first-order chi connectivity index (χ1) is 8.99. The smallest absolute Gasteiger partial charge is 0.257 e. The minimum atomic E-state index is -0.210. The van der Waals surface area contributed by atoms with Gasteiger partial charge in [-0.15, -0.1) is 0 Å². The number of phenolic OH excluding ortho intramolecular Hbond substituents is 1. The van der Waals surface area contributed by atoms with Gasteiger partial charge in [-0.05, 0) is 37.6 Å². The topological polar surface area (TPSA) is 53.7 Å². The molecule has 0 atom stereocenters. The van der Waals surface area contributed by atoms with Gasteiger partial charge in [0.25, 0.3) is 5.91 Å². The molecule has 0 aliphatic carbocycles. The summed E-state index contributed by atoms with van der Waals surface area (Å²) in [7, 11) is 1.70. The quantitative estimate of drug-likeness (QED) is 0.922. The average Bonchev–Trinajstić information content (AvgIpc) is 2.74. The molecule has 0 saturated carbocycles. The van der Waals surface area contributed by atoms with Gasteiger partial charge in [0.2, 0.25) is 0 Å². The van der Waals surface area contributed by atoms with Crippen molar-refractivity contribution < 1.29 is 14.3 Å². The fourth-order valence-corrected chi connectivity index (χ4v) is 1.93. The van der Waals surface area contributed by atoms with E-state index < -0.39 is 0 Å². The zero-order chi connectivity index (χ0) is 14.0. The summed E-state index contributed by atoms with van der Waals surface area (Å²) in [4.78, 5) is 13.8. The van der Waals surface area contributed by atoms with Gasteiger partial charge < -0.3 is 14.4 Å². The Labute approximate surface area is 112 Å². The van der Waals surface area contributed by atoms with Crippen molar-refractivity contribution in [2.45, 2.75) is 20.4 Å². The van der Waals surface area contributed by atoms with E-state index >= 15 is 0 Å². The van der Waals surface area contributed by atoms with Gasteiger partial charge in [0.1, 0.15) is 11.5 Å². The lowest BCUT2D eigenvalue weighted by Crippen LogP contribution is -2.26. The van der Waals surface area contributed by atoms with Crippen molar-refractivity contribution in [2.75, 3.05) is 7.05 Å². The highest BCUT2D eigenvalue weighted by Gasteiger charge is 2.17. The summed E-state index contributed by atoms with van der Waals surface area (Å²) in [5.74, 6) is 0.603. The summed E-state index contributed by atoms with van der Waals surface area (Å²) in [6.45, 7) is 4.18. The largest absolute Gasteiger partial charge is 0.507 e. The van der Waals surface area contributed by atoms with Crippen molar-refractivity contribution in [1.82, 2.24) is 4.90 Å². The Bertz CT molecular complexity index is 601. The summed E-state index contributed by atoms with van der Waals surface area (Å²) >= 11 is 0. The summed E-state index contributed by atoms with van der Waals surface area (Å²) < 4.78 is 5.20. The van der Waals surface area contributed by atoms with E-state index in [1.165, 1.54) is 0 Å². The molecule has 100 valence electrons. The van der Waals surface area contributed by atoms with E-state index in [2.05, 4.69) is 0 Å². The molecule has 1 aromatic carbocycles. The Balaban J connectivity index is 2.17. The van der Waals surface area contributed by atoms with Crippen LogP contribution in [0.1, 0.15) is 27.2 Å². The Kier molecular flexibility index (Phi) is 3.60. The lowest BCUT2D eigenvalue weighted by molar-refractivity contribution is 0.0781. The zero-order valence-electron chi connectivity index (χ0n) is 11.3. The Morgan fingerprint density at radius 1 is 1.32 bits per heavy atom. The van der Waals surface area contributed by atoms with E-state index in [0.29, 0.717) is 12.1 Å². The number of hydrogen-bond acceptors (Lipinski definition) is 3. The molecule has 4 nitrogen and oxygen atoms in total. The number of phenols is 1. The zero-order valence-corrected chi connectivity index (χ0v) is 11.3. The van der Waals surface area contributed by atoms with Crippen LogP contribution in [0.4, 0.5) is 0 Å². The van der Waals surface area contributed by atoms with E-state index in [0.717, 1.165) is 16.9 Å². The van der Waals surface area contributed by atoms with Gasteiger partial charge in [0, 0.05) is 19.2 Å². The molecule has 0 radical (unpaired) electrons. The molecular formula is C15H17NO3. The summed E-state index contributed by atoms with van der Waals surface area (Å²) in [6, 6.07) is 6.88. The molecule has 2 rings (SSSR count). The number of aryl methyl sites for hydroxylation is 2. The van der Waals surface area contributed by atoms with Gasteiger partial charge in [-0.3, -0.25) is 4.79 Å². The van der Waals surface area contributed by atoms with Crippen LogP contribution < -0.4 is 0 Å². The monoisotopic (exact) mass is 259 g/mol. The maximum absolute atomic E-state index is 12.2. The van der Waals surface area contributed by atoms with Crippen molar-refractivity contribution in [2.24, 2.45) is 0 Å². The molecule has 19 heavy (non-hydrogen) atoms. The predicted molar refractivity (Wildman–Crippen MR) is 72.1 cm³/mol. The maximum Gasteiger partial charge on any atom is 0.257 e. The Hall–Kier alpha value is -2.23. The molecule has 0 aliphatic rings. The number of amides is 1. The SMILES string of the molecule is Cc1ccc(C(=O)N(C)Cc2ccoc2C)c(O)c1. The normalized spacial score (nSPS) is 10.5. The average molecular weight is 259 g/mol. The highest BCUT2D eigenvalue weighted by molar-refractivity contribution is 5.96. The number of carbonyl (C=O) groups is 1. The van der Waals surface area contributed by atoms with Crippen molar-refractivity contribution in [1.29, 1.82) is 0 Å². The summed E-state index contributed by atoms with van der Waals surface area (Å²) in [6.07, 6.45) is 1.60. The summed E-state index contributed by atoms with van der Waals surface area (Å²) in [5, 5.41) is 9.83. The molecule has 0 spiro atoms. The van der Waals surface area contributed by atoms with Gasteiger partial charge in [-0.1, -0.05) is 6.07 Å². The van der Waals surface area contributed by atoms with Crippen LogP contribution in [0.25, 0.3) is 0 Å². The van der Waals surface area contributed by atoms with Crippen molar-refractivity contribution in [3.8, 4) is 5.75 Å². The molecule has 1 aromatic heterocycles. The number of carbonyl (C=O) groups excluding carboxylic acids is 1. The Morgan fingerprint density at radius 2 is 2.05 bits per heavy atom. The molecule has 1 N–H and O–H groups in total. The third kappa shape index (κ3) is 2.78. The van der Waals surface area contributed by atoms with Crippen LogP contribution in [0.3, 0.4) is 0 Å². The molecule has 0 fully saturated rings.